The summed E-state index contributed by atoms with van der Waals surface area (Å²) in [5, 5.41) is 26.2. The number of carbonyl (C=O) groups is 3. The minimum atomic E-state index is -4.80. The topological polar surface area (TPSA) is 167 Å². The number of oxazole rings is 1. The summed E-state index contributed by atoms with van der Waals surface area (Å²) in [5.74, 6) is -1.70. The molecule has 1 aliphatic heterocycles. The van der Waals surface area contributed by atoms with Crippen molar-refractivity contribution < 1.29 is 42.2 Å². The van der Waals surface area contributed by atoms with E-state index in [9.17, 15) is 37.8 Å². The Morgan fingerprint density at radius 2 is 2.05 bits per heavy atom. The number of nitrogens with one attached hydrogen (secondary N) is 1. The average Bonchev–Trinajstić information content (AvgIpc) is 3.51. The Kier molecular flexibility index (Phi) is 6.61. The molecule has 202 valence electrons. The predicted octanol–water partition coefficient (Wildman–Crippen LogP) is 2.50. The van der Waals surface area contributed by atoms with E-state index in [0.717, 1.165) is 18.5 Å². The number of nitrogens with zero attached hydrogens (tertiary/aromatic N) is 6. The summed E-state index contributed by atoms with van der Waals surface area (Å²) < 4.78 is 45.1. The molecule has 3 N–H and O–H groups in total. The number of halogens is 3. The Bertz CT molecular complexity index is 1400. The summed E-state index contributed by atoms with van der Waals surface area (Å²) in [6, 6.07) is 2.34. The van der Waals surface area contributed by atoms with E-state index in [2.05, 4.69) is 20.4 Å². The summed E-state index contributed by atoms with van der Waals surface area (Å²) in [7, 11) is 1.58. The van der Waals surface area contributed by atoms with Gasteiger partial charge in [-0.15, -0.1) is 0 Å². The van der Waals surface area contributed by atoms with Crippen LogP contribution in [0.5, 0.6) is 0 Å². The van der Waals surface area contributed by atoms with Gasteiger partial charge in [-0.25, -0.2) is 14.8 Å². The Morgan fingerprint density at radius 1 is 1.34 bits per heavy atom. The van der Waals surface area contributed by atoms with Crippen molar-refractivity contribution in [1.82, 2.24) is 19.7 Å². The number of anilines is 3. The second kappa shape index (κ2) is 9.44. The van der Waals surface area contributed by atoms with Crippen LogP contribution in [-0.2, 0) is 11.8 Å². The van der Waals surface area contributed by atoms with Crippen LogP contribution in [0, 0.1) is 5.41 Å². The van der Waals surface area contributed by atoms with Crippen LogP contribution in [0.15, 0.2) is 35.2 Å². The van der Waals surface area contributed by atoms with Gasteiger partial charge in [0.25, 0.3) is 5.91 Å². The van der Waals surface area contributed by atoms with Crippen LogP contribution in [0.1, 0.15) is 24.3 Å². The van der Waals surface area contributed by atoms with Crippen LogP contribution >= 0.6 is 0 Å². The molecule has 3 amide bonds. The molecule has 0 bridgehead atoms. The van der Waals surface area contributed by atoms with Gasteiger partial charge in [-0.05, 0) is 26.0 Å². The molecule has 4 heterocycles. The number of aliphatic hydroxyl groups is 1. The van der Waals surface area contributed by atoms with Gasteiger partial charge in [0, 0.05) is 18.8 Å². The molecular weight excluding hydrogens is 515 g/mol. The number of amides is 3. The standard InChI is InChI=1S/C22H22F3N7O6/c1-21(2)14(33)8-31(19(21)35)16-12(7-30(3)29-16)27-17(34)13-9-38-18(28-13)11-4-5-26-15(6-11)32(20(36)37)10-22(23,24)25/h4-7,9,14,33H,8,10H2,1-3H3,(H,27,34)(H,36,37). The zero-order valence-electron chi connectivity index (χ0n) is 20.2. The SMILES string of the molecule is Cn1cc(NC(=O)c2coc(-c3ccnc(N(CC(F)(F)F)C(=O)O)c3)n2)c(N2CC(O)C(C)(C)C2=O)n1. The molecule has 4 rings (SSSR count). The minimum Gasteiger partial charge on any atom is -0.465 e. The van der Waals surface area contributed by atoms with Crippen LogP contribution in [0.3, 0.4) is 0 Å². The molecule has 3 aromatic rings. The molecule has 3 aromatic heterocycles. The fourth-order valence-corrected chi connectivity index (χ4v) is 3.74. The van der Waals surface area contributed by atoms with Crippen LogP contribution in [-0.4, -0.2) is 73.2 Å². The normalized spacial score (nSPS) is 17.1. The minimum absolute atomic E-state index is 0.0157. The highest BCUT2D eigenvalue weighted by molar-refractivity contribution is 6.07. The summed E-state index contributed by atoms with van der Waals surface area (Å²) in [6.45, 7) is 1.40. The molecule has 0 aromatic carbocycles. The Balaban J connectivity index is 1.55. The van der Waals surface area contributed by atoms with Crippen molar-refractivity contribution in [3.8, 4) is 11.5 Å². The number of pyridine rings is 1. The molecule has 38 heavy (non-hydrogen) atoms. The molecule has 0 saturated carbocycles. The van der Waals surface area contributed by atoms with Crippen LogP contribution in [0.4, 0.5) is 35.3 Å². The predicted molar refractivity (Wildman–Crippen MR) is 124 cm³/mol. The first-order valence-corrected chi connectivity index (χ1v) is 11.0. The molecule has 0 radical (unpaired) electrons. The van der Waals surface area contributed by atoms with Crippen molar-refractivity contribution in [3.05, 3.63) is 36.5 Å². The highest BCUT2D eigenvalue weighted by Gasteiger charge is 2.48. The number of carbonyl (C=O) groups excluding carboxylic acids is 2. The Labute approximate surface area is 212 Å². The van der Waals surface area contributed by atoms with Gasteiger partial charge in [-0.3, -0.25) is 24.1 Å². The molecule has 16 heteroatoms. The van der Waals surface area contributed by atoms with Crippen molar-refractivity contribution in [2.75, 3.05) is 28.2 Å². The van der Waals surface area contributed by atoms with E-state index in [1.54, 1.807) is 20.9 Å². The number of rotatable bonds is 6. The van der Waals surface area contributed by atoms with E-state index in [1.165, 1.54) is 21.8 Å². The molecule has 0 aliphatic carbocycles. The fraction of sp³-hybridized carbons (Fsp3) is 0.364. The third kappa shape index (κ3) is 5.15. The largest absolute Gasteiger partial charge is 0.465 e. The van der Waals surface area contributed by atoms with E-state index >= 15 is 0 Å². The van der Waals surface area contributed by atoms with Crippen molar-refractivity contribution in [2.45, 2.75) is 26.1 Å². The first-order valence-electron chi connectivity index (χ1n) is 11.0. The summed E-state index contributed by atoms with van der Waals surface area (Å²) >= 11 is 0. The van der Waals surface area contributed by atoms with Crippen molar-refractivity contribution in [1.29, 1.82) is 0 Å². The smallest absolute Gasteiger partial charge is 0.413 e. The van der Waals surface area contributed by atoms with Gasteiger partial charge in [-0.1, -0.05) is 0 Å². The number of carboxylic acid groups (broad SMARTS) is 1. The first-order chi connectivity index (χ1) is 17.7. The van der Waals surface area contributed by atoms with Crippen molar-refractivity contribution in [2.24, 2.45) is 12.5 Å². The van der Waals surface area contributed by atoms with Crippen LogP contribution in [0.2, 0.25) is 0 Å². The maximum Gasteiger partial charge on any atom is 0.413 e. The van der Waals surface area contributed by atoms with Crippen LogP contribution in [0.25, 0.3) is 11.5 Å². The van der Waals surface area contributed by atoms with E-state index in [0.29, 0.717) is 0 Å². The third-order valence-electron chi connectivity index (χ3n) is 5.87. The molecule has 1 aliphatic rings. The van der Waals surface area contributed by atoms with Crippen molar-refractivity contribution >= 4 is 35.2 Å². The van der Waals surface area contributed by atoms with E-state index < -0.39 is 42.1 Å². The lowest BCUT2D eigenvalue weighted by Gasteiger charge is -2.19. The summed E-state index contributed by atoms with van der Waals surface area (Å²) in [6.07, 6.45) is -4.08. The monoisotopic (exact) mass is 537 g/mol. The Morgan fingerprint density at radius 3 is 2.66 bits per heavy atom. The van der Waals surface area contributed by atoms with E-state index in [4.69, 9.17) is 4.42 Å². The number of β-amino-alcohol motifs (C(OH)–C–C–N with tert-alkyl or cyclic N) is 1. The summed E-state index contributed by atoms with van der Waals surface area (Å²) in [5.41, 5.74) is -1.02. The molecule has 1 unspecified atom stereocenters. The number of hydrogen-bond acceptors (Lipinski definition) is 8. The third-order valence-corrected chi connectivity index (χ3v) is 5.87. The number of aliphatic hydroxyl groups excluding tert-OH is 1. The Hall–Kier alpha value is -4.47. The lowest BCUT2D eigenvalue weighted by molar-refractivity contribution is -0.126. The second-order valence-electron chi connectivity index (χ2n) is 9.07. The van der Waals surface area contributed by atoms with Gasteiger partial charge in [0.1, 0.15) is 24.3 Å². The molecule has 1 atom stereocenters. The van der Waals surface area contributed by atoms with Gasteiger partial charge in [0.05, 0.1) is 24.3 Å². The van der Waals surface area contributed by atoms with Gasteiger partial charge in [-0.2, -0.15) is 18.3 Å². The van der Waals surface area contributed by atoms with Crippen molar-refractivity contribution in [3.63, 3.8) is 0 Å². The molecule has 0 spiro atoms. The summed E-state index contributed by atoms with van der Waals surface area (Å²) in [4.78, 5) is 46.0. The molecule has 1 fully saturated rings. The van der Waals surface area contributed by atoms with Gasteiger partial charge < -0.3 is 19.9 Å². The number of aromatic nitrogens is 4. The average molecular weight is 537 g/mol. The number of alkyl halides is 3. The number of hydrogen-bond donors (Lipinski definition) is 3. The van der Waals surface area contributed by atoms with E-state index in [-0.39, 0.29) is 46.0 Å². The first kappa shape index (κ1) is 26.6. The number of aryl methyl sites for hydroxylation is 1. The zero-order chi connectivity index (χ0) is 28.0. The lowest BCUT2D eigenvalue weighted by atomic mass is 9.89. The molecule has 1 saturated heterocycles. The molecule has 13 nitrogen and oxygen atoms in total. The zero-order valence-corrected chi connectivity index (χ0v) is 20.2. The quantitative estimate of drug-likeness (QED) is 0.428. The van der Waals surface area contributed by atoms with E-state index in [1.807, 2.05) is 0 Å². The van der Waals surface area contributed by atoms with Crippen LogP contribution < -0.4 is 15.1 Å². The highest BCUT2D eigenvalue weighted by Crippen LogP contribution is 2.37. The maximum absolute atomic E-state index is 12.9. The van der Waals surface area contributed by atoms with Gasteiger partial charge >= 0.3 is 12.3 Å². The van der Waals surface area contributed by atoms with Gasteiger partial charge in [0.15, 0.2) is 11.5 Å². The molecular formula is C22H22F3N7O6. The lowest BCUT2D eigenvalue weighted by Crippen LogP contribution is -2.38. The fourth-order valence-electron chi connectivity index (χ4n) is 3.74. The second-order valence-corrected chi connectivity index (χ2v) is 9.07. The van der Waals surface area contributed by atoms with Gasteiger partial charge in [0.2, 0.25) is 11.8 Å². The highest BCUT2D eigenvalue weighted by atomic mass is 19.4. The maximum atomic E-state index is 12.9.